The van der Waals surface area contributed by atoms with Gasteiger partial charge in [-0.2, -0.15) is 0 Å². The number of hydrogen-bond acceptors (Lipinski definition) is 6. The number of nitrogens with zero attached hydrogens (tertiary/aromatic N) is 4. The van der Waals surface area contributed by atoms with Crippen molar-refractivity contribution in [2.75, 3.05) is 63.8 Å². The molecule has 1 amide bonds. The number of likely N-dealkylation sites (N-methyl/N-ethyl adjacent to an activating group) is 1. The fourth-order valence-electron chi connectivity index (χ4n) is 3.97. The van der Waals surface area contributed by atoms with E-state index in [9.17, 15) is 14.9 Å². The van der Waals surface area contributed by atoms with Crippen LogP contribution in [0.3, 0.4) is 0 Å². The number of nitrogens with one attached hydrogen (secondary N) is 1. The number of nitro groups is 1. The normalized spacial score (nSPS) is 18.4. The Hall–Kier alpha value is -2.19. The molecule has 8 nitrogen and oxygen atoms in total. The number of carbonyl (C=O) groups excluding carboxylic acids is 1. The summed E-state index contributed by atoms with van der Waals surface area (Å²) in [6.07, 6.45) is 2.98. The first kappa shape index (κ1) is 20.5. The van der Waals surface area contributed by atoms with E-state index in [1.807, 2.05) is 4.90 Å². The Kier molecular flexibility index (Phi) is 7.22. The molecule has 0 unspecified atom stereocenters. The van der Waals surface area contributed by atoms with Crippen LogP contribution in [0.4, 0.5) is 11.4 Å². The first-order chi connectivity index (χ1) is 13.6. The zero-order valence-corrected chi connectivity index (χ0v) is 16.7. The van der Waals surface area contributed by atoms with E-state index in [1.54, 1.807) is 12.1 Å². The Morgan fingerprint density at radius 2 is 1.79 bits per heavy atom. The molecule has 0 atom stereocenters. The van der Waals surface area contributed by atoms with Crippen LogP contribution in [0.1, 0.15) is 36.5 Å². The van der Waals surface area contributed by atoms with Crippen LogP contribution >= 0.6 is 0 Å². The highest BCUT2D eigenvalue weighted by Gasteiger charge is 2.23. The van der Waals surface area contributed by atoms with E-state index < -0.39 is 0 Å². The molecule has 0 spiro atoms. The van der Waals surface area contributed by atoms with Crippen molar-refractivity contribution in [1.29, 1.82) is 0 Å². The first-order valence-electron chi connectivity index (χ1n) is 10.3. The Bertz CT molecular complexity index is 682. The summed E-state index contributed by atoms with van der Waals surface area (Å²) < 4.78 is 0. The van der Waals surface area contributed by atoms with Crippen LogP contribution in [0, 0.1) is 10.1 Å². The van der Waals surface area contributed by atoms with Gasteiger partial charge in [0.1, 0.15) is 5.69 Å². The van der Waals surface area contributed by atoms with Crippen LogP contribution in [0.5, 0.6) is 0 Å². The Labute approximate surface area is 166 Å². The van der Waals surface area contributed by atoms with E-state index in [0.717, 1.165) is 71.6 Å². The molecule has 0 saturated carbocycles. The second-order valence-electron chi connectivity index (χ2n) is 7.54. The van der Waals surface area contributed by atoms with E-state index in [-0.39, 0.29) is 16.5 Å². The Morgan fingerprint density at radius 1 is 1.11 bits per heavy atom. The minimum absolute atomic E-state index is 0.0170. The average molecular weight is 390 g/mol. The van der Waals surface area contributed by atoms with E-state index in [0.29, 0.717) is 17.8 Å². The largest absolute Gasteiger partial charge is 0.366 e. The molecule has 1 N–H and O–H groups in total. The summed E-state index contributed by atoms with van der Waals surface area (Å²) in [5.41, 5.74) is 0.986. The SMILES string of the molecule is CCN1CCN(CCCNC(=O)c2ccc(N3CCCC3)c([N+](=O)[O-])c2)CC1. The molecule has 2 saturated heterocycles. The maximum Gasteiger partial charge on any atom is 0.293 e. The van der Waals surface area contributed by atoms with Crippen molar-refractivity contribution in [3.05, 3.63) is 33.9 Å². The number of piperazine rings is 1. The fourth-order valence-corrected chi connectivity index (χ4v) is 3.97. The molecule has 2 aliphatic rings. The smallest absolute Gasteiger partial charge is 0.293 e. The van der Waals surface area contributed by atoms with Gasteiger partial charge in [-0.3, -0.25) is 14.9 Å². The van der Waals surface area contributed by atoms with Gasteiger partial charge in [-0.15, -0.1) is 0 Å². The third kappa shape index (κ3) is 5.20. The lowest BCUT2D eigenvalue weighted by Gasteiger charge is -2.33. The molecule has 0 aromatic heterocycles. The molecule has 0 radical (unpaired) electrons. The minimum Gasteiger partial charge on any atom is -0.366 e. The molecular weight excluding hydrogens is 358 g/mol. The standard InChI is InChI=1S/C20H31N5O3/c1-2-22-12-14-23(15-13-22)9-5-8-21-20(26)17-6-7-18(19(16-17)25(27)28)24-10-3-4-11-24/h6-7,16H,2-5,8-15H2,1H3,(H,21,26). The average Bonchev–Trinajstić information content (AvgIpc) is 3.25. The summed E-state index contributed by atoms with van der Waals surface area (Å²) in [6, 6.07) is 4.82. The Balaban J connectivity index is 1.49. The zero-order chi connectivity index (χ0) is 19.9. The monoisotopic (exact) mass is 389 g/mol. The van der Waals surface area contributed by atoms with Gasteiger partial charge in [-0.05, 0) is 44.5 Å². The first-order valence-corrected chi connectivity index (χ1v) is 10.3. The number of nitro benzene ring substituents is 1. The fraction of sp³-hybridized carbons (Fsp3) is 0.650. The van der Waals surface area contributed by atoms with Crippen LogP contribution in [-0.4, -0.2) is 79.5 Å². The molecular formula is C20H31N5O3. The summed E-state index contributed by atoms with van der Waals surface area (Å²) >= 11 is 0. The lowest BCUT2D eigenvalue weighted by molar-refractivity contribution is -0.384. The molecule has 2 heterocycles. The number of carbonyl (C=O) groups is 1. The summed E-state index contributed by atoms with van der Waals surface area (Å²) in [7, 11) is 0. The predicted octanol–water partition coefficient (Wildman–Crippen LogP) is 1.95. The van der Waals surface area contributed by atoms with Crippen molar-refractivity contribution >= 4 is 17.3 Å². The summed E-state index contributed by atoms with van der Waals surface area (Å²) in [6.45, 7) is 10.9. The third-order valence-corrected chi connectivity index (χ3v) is 5.73. The molecule has 28 heavy (non-hydrogen) atoms. The number of hydrogen-bond donors (Lipinski definition) is 1. The maximum absolute atomic E-state index is 12.4. The van der Waals surface area contributed by atoms with Crippen LogP contribution in [0.15, 0.2) is 18.2 Å². The van der Waals surface area contributed by atoms with Gasteiger partial charge in [-0.1, -0.05) is 6.92 Å². The second kappa shape index (κ2) is 9.84. The topological polar surface area (TPSA) is 82.0 Å². The van der Waals surface area contributed by atoms with Gasteiger partial charge < -0.3 is 20.0 Å². The summed E-state index contributed by atoms with van der Waals surface area (Å²) in [4.78, 5) is 30.4. The van der Waals surface area contributed by atoms with Crippen molar-refractivity contribution in [2.24, 2.45) is 0 Å². The Morgan fingerprint density at radius 3 is 2.43 bits per heavy atom. The number of rotatable bonds is 8. The number of amides is 1. The quantitative estimate of drug-likeness (QED) is 0.416. The van der Waals surface area contributed by atoms with Crippen molar-refractivity contribution in [2.45, 2.75) is 26.2 Å². The van der Waals surface area contributed by atoms with Crippen LogP contribution in [0.25, 0.3) is 0 Å². The molecule has 1 aromatic carbocycles. The molecule has 2 aliphatic heterocycles. The van der Waals surface area contributed by atoms with Crippen molar-refractivity contribution < 1.29 is 9.72 Å². The van der Waals surface area contributed by atoms with Gasteiger partial charge in [0.05, 0.1) is 4.92 Å². The van der Waals surface area contributed by atoms with Gasteiger partial charge in [-0.25, -0.2) is 0 Å². The molecule has 8 heteroatoms. The highest BCUT2D eigenvalue weighted by Crippen LogP contribution is 2.31. The number of anilines is 1. The zero-order valence-electron chi connectivity index (χ0n) is 16.7. The van der Waals surface area contributed by atoms with Crippen molar-refractivity contribution in [3.63, 3.8) is 0 Å². The molecule has 3 rings (SSSR count). The maximum atomic E-state index is 12.4. The van der Waals surface area contributed by atoms with Gasteiger partial charge in [0.25, 0.3) is 11.6 Å². The van der Waals surface area contributed by atoms with Crippen molar-refractivity contribution in [1.82, 2.24) is 15.1 Å². The van der Waals surface area contributed by atoms with Gasteiger partial charge >= 0.3 is 0 Å². The van der Waals surface area contributed by atoms with E-state index in [4.69, 9.17) is 0 Å². The van der Waals surface area contributed by atoms with Crippen LogP contribution < -0.4 is 10.2 Å². The lowest BCUT2D eigenvalue weighted by atomic mass is 10.1. The van der Waals surface area contributed by atoms with Gasteiger partial charge in [0, 0.05) is 57.4 Å². The van der Waals surface area contributed by atoms with Gasteiger partial charge in [0.2, 0.25) is 0 Å². The highest BCUT2D eigenvalue weighted by molar-refractivity contribution is 5.95. The van der Waals surface area contributed by atoms with E-state index >= 15 is 0 Å². The highest BCUT2D eigenvalue weighted by atomic mass is 16.6. The minimum atomic E-state index is -0.389. The van der Waals surface area contributed by atoms with Gasteiger partial charge in [0.15, 0.2) is 0 Å². The number of benzene rings is 1. The third-order valence-electron chi connectivity index (χ3n) is 5.73. The predicted molar refractivity (Wildman–Crippen MR) is 110 cm³/mol. The van der Waals surface area contributed by atoms with E-state index in [2.05, 4.69) is 22.0 Å². The molecule has 1 aromatic rings. The van der Waals surface area contributed by atoms with Crippen molar-refractivity contribution in [3.8, 4) is 0 Å². The van der Waals surface area contributed by atoms with Crippen LogP contribution in [-0.2, 0) is 0 Å². The molecule has 154 valence electrons. The summed E-state index contributed by atoms with van der Waals surface area (Å²) in [5, 5.41) is 14.4. The van der Waals surface area contributed by atoms with Crippen LogP contribution in [0.2, 0.25) is 0 Å². The lowest BCUT2D eigenvalue weighted by Crippen LogP contribution is -2.46. The molecule has 2 fully saturated rings. The molecule has 0 bridgehead atoms. The summed E-state index contributed by atoms with van der Waals surface area (Å²) in [5.74, 6) is -0.244. The molecule has 0 aliphatic carbocycles. The van der Waals surface area contributed by atoms with E-state index in [1.165, 1.54) is 6.07 Å². The second-order valence-corrected chi connectivity index (χ2v) is 7.54.